The SMILES string of the molecule is CCC(=O)CSCC(C)C. The molecule has 0 rings (SSSR count). The maximum absolute atomic E-state index is 10.8. The van der Waals surface area contributed by atoms with E-state index in [0.717, 1.165) is 5.75 Å². The van der Waals surface area contributed by atoms with Crippen molar-refractivity contribution < 1.29 is 4.79 Å². The van der Waals surface area contributed by atoms with Crippen LogP contribution < -0.4 is 0 Å². The first-order chi connectivity index (χ1) is 4.66. The Kier molecular flexibility index (Phi) is 5.79. The van der Waals surface area contributed by atoms with Crippen LogP contribution in [0.1, 0.15) is 27.2 Å². The van der Waals surface area contributed by atoms with E-state index in [9.17, 15) is 4.79 Å². The Morgan fingerprint density at radius 1 is 1.50 bits per heavy atom. The summed E-state index contributed by atoms with van der Waals surface area (Å²) in [5.74, 6) is 2.88. The van der Waals surface area contributed by atoms with E-state index in [1.165, 1.54) is 0 Å². The van der Waals surface area contributed by atoms with Crippen molar-refractivity contribution in [1.29, 1.82) is 0 Å². The Bertz CT molecular complexity index is 99.4. The van der Waals surface area contributed by atoms with Gasteiger partial charge in [0.2, 0.25) is 0 Å². The lowest BCUT2D eigenvalue weighted by atomic mass is 10.3. The van der Waals surface area contributed by atoms with Crippen molar-refractivity contribution in [3.8, 4) is 0 Å². The van der Waals surface area contributed by atoms with Crippen LogP contribution in [0.3, 0.4) is 0 Å². The van der Waals surface area contributed by atoms with Gasteiger partial charge in [-0.2, -0.15) is 11.8 Å². The molecule has 0 aliphatic carbocycles. The summed E-state index contributed by atoms with van der Waals surface area (Å²) in [6.45, 7) is 6.26. The minimum atomic E-state index is 0.366. The molecule has 0 heterocycles. The second-order valence-electron chi connectivity index (χ2n) is 2.80. The van der Waals surface area contributed by atoms with E-state index in [-0.39, 0.29) is 0 Å². The van der Waals surface area contributed by atoms with Gasteiger partial charge in [-0.1, -0.05) is 20.8 Å². The molecule has 0 aromatic heterocycles. The number of Topliss-reactive ketones (excluding diaryl/α,β-unsaturated/α-hetero) is 1. The molecule has 0 unspecified atom stereocenters. The van der Waals surface area contributed by atoms with E-state index in [4.69, 9.17) is 0 Å². The molecular weight excluding hydrogens is 144 g/mol. The Labute approximate surface area is 67.6 Å². The summed E-state index contributed by atoms with van der Waals surface area (Å²) in [5.41, 5.74) is 0. The Hall–Kier alpha value is 0.0200. The summed E-state index contributed by atoms with van der Waals surface area (Å²) in [5, 5.41) is 0. The topological polar surface area (TPSA) is 17.1 Å². The fourth-order valence-corrected chi connectivity index (χ4v) is 1.53. The lowest BCUT2D eigenvalue weighted by Gasteiger charge is -2.01. The number of carbonyl (C=O) groups is 1. The standard InChI is InChI=1S/C8H16OS/c1-4-8(9)6-10-5-7(2)3/h7H,4-6H2,1-3H3. The van der Waals surface area contributed by atoms with Crippen LogP contribution >= 0.6 is 11.8 Å². The number of rotatable bonds is 5. The maximum atomic E-state index is 10.8. The molecule has 0 aromatic carbocycles. The van der Waals surface area contributed by atoms with Gasteiger partial charge in [0.05, 0.1) is 5.75 Å². The first kappa shape index (κ1) is 10.0. The Morgan fingerprint density at radius 3 is 2.50 bits per heavy atom. The summed E-state index contributed by atoms with van der Waals surface area (Å²) in [6.07, 6.45) is 0.686. The predicted octanol–water partition coefficient (Wildman–Crippen LogP) is 2.35. The molecule has 1 nitrogen and oxygen atoms in total. The quantitative estimate of drug-likeness (QED) is 0.614. The highest BCUT2D eigenvalue weighted by molar-refractivity contribution is 7.99. The second-order valence-corrected chi connectivity index (χ2v) is 3.83. The Morgan fingerprint density at radius 2 is 2.10 bits per heavy atom. The zero-order valence-electron chi connectivity index (χ0n) is 7.02. The summed E-state index contributed by atoms with van der Waals surface area (Å²) in [7, 11) is 0. The molecule has 0 N–H and O–H groups in total. The molecule has 10 heavy (non-hydrogen) atoms. The third-order valence-corrected chi connectivity index (χ3v) is 2.54. The van der Waals surface area contributed by atoms with Crippen molar-refractivity contribution >= 4 is 17.5 Å². The van der Waals surface area contributed by atoms with Crippen LogP contribution in [-0.4, -0.2) is 17.3 Å². The third-order valence-electron chi connectivity index (χ3n) is 1.11. The maximum Gasteiger partial charge on any atom is 0.142 e. The van der Waals surface area contributed by atoms with Gasteiger partial charge >= 0.3 is 0 Å². The first-order valence-electron chi connectivity index (χ1n) is 3.76. The highest BCUT2D eigenvalue weighted by Crippen LogP contribution is 2.07. The van der Waals surface area contributed by atoms with Gasteiger partial charge < -0.3 is 0 Å². The zero-order chi connectivity index (χ0) is 7.98. The van der Waals surface area contributed by atoms with Crippen LogP contribution in [0.5, 0.6) is 0 Å². The minimum absolute atomic E-state index is 0.366. The third kappa shape index (κ3) is 6.14. The van der Waals surface area contributed by atoms with Gasteiger partial charge in [0.15, 0.2) is 0 Å². The van der Waals surface area contributed by atoms with Gasteiger partial charge in [-0.05, 0) is 11.7 Å². The molecule has 0 aliphatic heterocycles. The van der Waals surface area contributed by atoms with E-state index in [1.54, 1.807) is 11.8 Å². The Balaban J connectivity index is 3.12. The number of hydrogen-bond acceptors (Lipinski definition) is 2. The molecule has 0 saturated heterocycles. The number of carbonyl (C=O) groups excluding carboxylic acids is 1. The van der Waals surface area contributed by atoms with Gasteiger partial charge in [-0.15, -0.1) is 0 Å². The van der Waals surface area contributed by atoms with E-state index in [0.29, 0.717) is 23.9 Å². The van der Waals surface area contributed by atoms with Crippen LogP contribution in [0.25, 0.3) is 0 Å². The summed E-state index contributed by atoms with van der Waals surface area (Å²) < 4.78 is 0. The highest BCUT2D eigenvalue weighted by Gasteiger charge is 1.98. The van der Waals surface area contributed by atoms with Crippen LogP contribution in [0.15, 0.2) is 0 Å². The molecule has 0 fully saturated rings. The molecule has 60 valence electrons. The monoisotopic (exact) mass is 160 g/mol. The zero-order valence-corrected chi connectivity index (χ0v) is 7.83. The number of thioether (sulfide) groups is 1. The first-order valence-corrected chi connectivity index (χ1v) is 4.91. The van der Waals surface area contributed by atoms with Crippen molar-refractivity contribution in [3.63, 3.8) is 0 Å². The highest BCUT2D eigenvalue weighted by atomic mass is 32.2. The molecule has 0 bridgehead atoms. The molecule has 0 radical (unpaired) electrons. The molecule has 2 heteroatoms. The summed E-state index contributed by atoms with van der Waals surface area (Å²) in [6, 6.07) is 0. The van der Waals surface area contributed by atoms with Crippen LogP contribution in [0.2, 0.25) is 0 Å². The van der Waals surface area contributed by atoms with E-state index < -0.39 is 0 Å². The fraction of sp³-hybridized carbons (Fsp3) is 0.875. The molecule has 0 saturated carbocycles. The normalized spacial score (nSPS) is 10.4. The predicted molar refractivity (Wildman–Crippen MR) is 47.5 cm³/mol. The van der Waals surface area contributed by atoms with Gasteiger partial charge in [0.25, 0.3) is 0 Å². The van der Waals surface area contributed by atoms with Gasteiger partial charge in [0.1, 0.15) is 5.78 Å². The second kappa shape index (κ2) is 5.78. The van der Waals surface area contributed by atoms with E-state index >= 15 is 0 Å². The lowest BCUT2D eigenvalue weighted by Crippen LogP contribution is -2.01. The molecule has 0 spiro atoms. The number of ketones is 1. The molecular formula is C8H16OS. The van der Waals surface area contributed by atoms with Crippen molar-refractivity contribution in [2.24, 2.45) is 5.92 Å². The van der Waals surface area contributed by atoms with Crippen LogP contribution in [0, 0.1) is 5.92 Å². The lowest BCUT2D eigenvalue weighted by molar-refractivity contribution is -0.116. The van der Waals surface area contributed by atoms with Crippen molar-refractivity contribution in [3.05, 3.63) is 0 Å². The summed E-state index contributed by atoms with van der Waals surface area (Å²) in [4.78, 5) is 10.8. The van der Waals surface area contributed by atoms with Crippen molar-refractivity contribution in [2.45, 2.75) is 27.2 Å². The van der Waals surface area contributed by atoms with Crippen LogP contribution in [0.4, 0.5) is 0 Å². The molecule has 0 amide bonds. The number of hydrogen-bond donors (Lipinski definition) is 0. The fourth-order valence-electron chi connectivity index (χ4n) is 0.511. The van der Waals surface area contributed by atoms with Gasteiger partial charge in [-0.3, -0.25) is 4.79 Å². The largest absolute Gasteiger partial charge is 0.299 e. The minimum Gasteiger partial charge on any atom is -0.299 e. The van der Waals surface area contributed by atoms with Gasteiger partial charge in [-0.25, -0.2) is 0 Å². The molecule has 0 atom stereocenters. The molecule has 0 aromatic rings. The average Bonchev–Trinajstić information content (AvgIpc) is 1.87. The van der Waals surface area contributed by atoms with Crippen LogP contribution in [-0.2, 0) is 4.79 Å². The average molecular weight is 160 g/mol. The van der Waals surface area contributed by atoms with E-state index in [1.807, 2.05) is 6.92 Å². The van der Waals surface area contributed by atoms with Crippen molar-refractivity contribution in [2.75, 3.05) is 11.5 Å². The van der Waals surface area contributed by atoms with E-state index in [2.05, 4.69) is 13.8 Å². The summed E-state index contributed by atoms with van der Waals surface area (Å²) >= 11 is 1.74. The van der Waals surface area contributed by atoms with Crippen molar-refractivity contribution in [1.82, 2.24) is 0 Å². The van der Waals surface area contributed by atoms with Gasteiger partial charge in [0, 0.05) is 6.42 Å². The smallest absolute Gasteiger partial charge is 0.142 e. The molecule has 0 aliphatic rings.